The lowest BCUT2D eigenvalue weighted by atomic mass is 10.3. The lowest BCUT2D eigenvalue weighted by Gasteiger charge is -2.01. The van der Waals surface area contributed by atoms with Crippen LogP contribution in [0.15, 0.2) is 30.3 Å². The van der Waals surface area contributed by atoms with Crippen molar-refractivity contribution in [3.63, 3.8) is 0 Å². The maximum absolute atomic E-state index is 5.62. The maximum atomic E-state index is 5.62. The van der Waals surface area contributed by atoms with Gasteiger partial charge in [-0.1, -0.05) is 29.8 Å². The first-order valence-electron chi connectivity index (χ1n) is 3.83. The third-order valence-corrected chi connectivity index (χ3v) is 2.06. The van der Waals surface area contributed by atoms with Crippen LogP contribution in [-0.4, -0.2) is 18.3 Å². The van der Waals surface area contributed by atoms with Crippen LogP contribution in [0.1, 0.15) is 0 Å². The third kappa shape index (κ3) is 1.90. The minimum atomic E-state index is -0.145. The Kier molecular flexibility index (Phi) is 2.19. The van der Waals surface area contributed by atoms with E-state index in [9.17, 15) is 0 Å². The summed E-state index contributed by atoms with van der Waals surface area (Å²) in [4.78, 5) is 0. The number of ether oxygens (including phenoxy) is 2. The van der Waals surface area contributed by atoms with Crippen LogP contribution in [0.2, 0.25) is 0 Å². The van der Waals surface area contributed by atoms with Gasteiger partial charge >= 0.3 is 0 Å². The molecule has 1 aliphatic rings. The quantitative estimate of drug-likeness (QED) is 0.530. The van der Waals surface area contributed by atoms with E-state index in [1.165, 1.54) is 0 Å². The van der Waals surface area contributed by atoms with Crippen LogP contribution in [0, 0.1) is 0 Å². The molecule has 1 fully saturated rings. The molecule has 0 aliphatic carbocycles. The molecule has 0 saturated carbocycles. The highest BCUT2D eigenvalue weighted by Crippen LogP contribution is 2.26. The third-order valence-electron chi connectivity index (χ3n) is 1.68. The average Bonchev–Trinajstić information content (AvgIpc) is 2.81. The molecule has 64 valence electrons. The Hall–Kier alpha value is -0.730. The van der Waals surface area contributed by atoms with Gasteiger partial charge < -0.3 is 9.47 Å². The lowest BCUT2D eigenvalue weighted by Crippen LogP contribution is -2.05. The first-order chi connectivity index (χ1) is 5.86. The van der Waals surface area contributed by atoms with Gasteiger partial charge in [0, 0.05) is 0 Å². The van der Waals surface area contributed by atoms with Crippen LogP contribution in [0.5, 0.6) is 5.75 Å². The number of hydrogen-bond acceptors (Lipinski definition) is 2. The highest BCUT2D eigenvalue weighted by atomic mass is 35.5. The van der Waals surface area contributed by atoms with Crippen molar-refractivity contribution in [2.45, 2.75) is 11.7 Å². The molecule has 2 atom stereocenters. The van der Waals surface area contributed by atoms with Gasteiger partial charge in [0.05, 0.1) is 0 Å². The van der Waals surface area contributed by atoms with E-state index in [0.29, 0.717) is 6.61 Å². The molecule has 0 spiro atoms. The van der Waals surface area contributed by atoms with Crippen molar-refractivity contribution < 1.29 is 9.47 Å². The van der Waals surface area contributed by atoms with Crippen LogP contribution >= 0.6 is 11.6 Å². The molecule has 3 heteroatoms. The molecule has 0 bridgehead atoms. The van der Waals surface area contributed by atoms with E-state index in [1.807, 2.05) is 30.3 Å². The Balaban J connectivity index is 1.80. The summed E-state index contributed by atoms with van der Waals surface area (Å²) < 4.78 is 10.4. The highest BCUT2D eigenvalue weighted by Gasteiger charge is 2.37. The number of rotatable bonds is 3. The number of benzene rings is 1. The van der Waals surface area contributed by atoms with Crippen LogP contribution in [0.3, 0.4) is 0 Å². The minimum absolute atomic E-state index is 0.0758. The normalized spacial score (nSPS) is 26.8. The fourth-order valence-electron chi connectivity index (χ4n) is 0.932. The molecule has 0 amide bonds. The number of halogens is 1. The Morgan fingerprint density at radius 1 is 1.33 bits per heavy atom. The van der Waals surface area contributed by atoms with Crippen LogP contribution in [-0.2, 0) is 4.74 Å². The van der Waals surface area contributed by atoms with Gasteiger partial charge in [-0.05, 0) is 12.1 Å². The van der Waals surface area contributed by atoms with Crippen LogP contribution < -0.4 is 4.74 Å². The van der Waals surface area contributed by atoms with Gasteiger partial charge in [-0.3, -0.25) is 0 Å². The molecule has 0 aromatic heterocycles. The van der Waals surface area contributed by atoms with Crippen molar-refractivity contribution in [1.82, 2.24) is 0 Å². The van der Waals surface area contributed by atoms with Gasteiger partial charge in [-0.25, -0.2) is 0 Å². The summed E-state index contributed by atoms with van der Waals surface area (Å²) >= 11 is 5.62. The topological polar surface area (TPSA) is 21.8 Å². The number of epoxide rings is 1. The van der Waals surface area contributed by atoms with E-state index in [4.69, 9.17) is 21.1 Å². The van der Waals surface area contributed by atoms with Crippen molar-refractivity contribution in [3.05, 3.63) is 30.3 Å². The van der Waals surface area contributed by atoms with E-state index in [1.54, 1.807) is 0 Å². The summed E-state index contributed by atoms with van der Waals surface area (Å²) in [7, 11) is 0. The van der Waals surface area contributed by atoms with Gasteiger partial charge in [-0.15, -0.1) is 0 Å². The number of alkyl halides is 1. The second-order valence-corrected chi connectivity index (χ2v) is 3.08. The molecule has 1 heterocycles. The molecule has 1 aromatic rings. The Labute approximate surface area is 76.1 Å². The lowest BCUT2D eigenvalue weighted by molar-refractivity contribution is 0.262. The van der Waals surface area contributed by atoms with E-state index in [0.717, 1.165) is 5.75 Å². The summed E-state index contributed by atoms with van der Waals surface area (Å²) in [5, 5.41) is 0. The Morgan fingerprint density at radius 2 is 2.00 bits per heavy atom. The average molecular weight is 185 g/mol. The number of para-hydroxylation sites is 1. The van der Waals surface area contributed by atoms with Crippen molar-refractivity contribution in [3.8, 4) is 5.75 Å². The predicted octanol–water partition coefficient (Wildman–Crippen LogP) is 2.03. The molecule has 0 N–H and O–H groups in total. The molecule has 1 aromatic carbocycles. The molecule has 2 rings (SSSR count). The highest BCUT2D eigenvalue weighted by molar-refractivity contribution is 6.21. The van der Waals surface area contributed by atoms with Gasteiger partial charge in [0.15, 0.2) is 5.56 Å². The first kappa shape index (κ1) is 7.90. The minimum Gasteiger partial charge on any atom is -0.491 e. The zero-order chi connectivity index (χ0) is 8.39. The molecule has 2 unspecified atom stereocenters. The van der Waals surface area contributed by atoms with Gasteiger partial charge in [0.2, 0.25) is 0 Å². The molecular weight excluding hydrogens is 176 g/mol. The van der Waals surface area contributed by atoms with Gasteiger partial charge in [0.25, 0.3) is 0 Å². The molecule has 1 aliphatic heterocycles. The van der Waals surface area contributed by atoms with E-state index >= 15 is 0 Å². The van der Waals surface area contributed by atoms with E-state index in [-0.39, 0.29) is 11.7 Å². The molecule has 2 nitrogen and oxygen atoms in total. The van der Waals surface area contributed by atoms with Crippen molar-refractivity contribution >= 4 is 11.6 Å². The molecular formula is C9H9ClO2. The zero-order valence-electron chi connectivity index (χ0n) is 6.44. The van der Waals surface area contributed by atoms with Crippen LogP contribution in [0.4, 0.5) is 0 Å². The molecule has 1 saturated heterocycles. The Morgan fingerprint density at radius 3 is 2.58 bits per heavy atom. The predicted molar refractivity (Wildman–Crippen MR) is 46.5 cm³/mol. The second kappa shape index (κ2) is 3.33. The summed E-state index contributed by atoms with van der Waals surface area (Å²) in [5.41, 5.74) is -0.145. The SMILES string of the molecule is ClC1OC1COc1ccccc1. The zero-order valence-corrected chi connectivity index (χ0v) is 7.20. The van der Waals surface area contributed by atoms with Crippen molar-refractivity contribution in [1.29, 1.82) is 0 Å². The monoisotopic (exact) mass is 184 g/mol. The largest absolute Gasteiger partial charge is 0.491 e. The van der Waals surface area contributed by atoms with Crippen molar-refractivity contribution in [2.75, 3.05) is 6.61 Å². The van der Waals surface area contributed by atoms with Crippen LogP contribution in [0.25, 0.3) is 0 Å². The van der Waals surface area contributed by atoms with Gasteiger partial charge in [-0.2, -0.15) is 0 Å². The first-order valence-corrected chi connectivity index (χ1v) is 4.27. The fourth-order valence-corrected chi connectivity index (χ4v) is 1.14. The summed E-state index contributed by atoms with van der Waals surface area (Å²) in [6.45, 7) is 0.540. The van der Waals surface area contributed by atoms with E-state index in [2.05, 4.69) is 0 Å². The summed E-state index contributed by atoms with van der Waals surface area (Å²) in [5.74, 6) is 0.858. The summed E-state index contributed by atoms with van der Waals surface area (Å²) in [6.07, 6.45) is 0.0758. The second-order valence-electron chi connectivity index (χ2n) is 2.65. The fraction of sp³-hybridized carbons (Fsp3) is 0.333. The standard InChI is InChI=1S/C9H9ClO2/c10-9-8(12-9)6-11-7-4-2-1-3-5-7/h1-5,8-9H,6H2. The maximum Gasteiger partial charge on any atom is 0.161 e. The summed E-state index contributed by atoms with van der Waals surface area (Å²) in [6, 6.07) is 9.63. The number of hydrogen-bond donors (Lipinski definition) is 0. The smallest absolute Gasteiger partial charge is 0.161 e. The molecule has 0 radical (unpaired) electrons. The van der Waals surface area contributed by atoms with Gasteiger partial charge in [0.1, 0.15) is 18.5 Å². The molecule has 12 heavy (non-hydrogen) atoms. The Bertz CT molecular complexity index is 250. The van der Waals surface area contributed by atoms with E-state index < -0.39 is 0 Å². The van der Waals surface area contributed by atoms with Crippen molar-refractivity contribution in [2.24, 2.45) is 0 Å².